The van der Waals surface area contributed by atoms with Crippen molar-refractivity contribution in [2.45, 2.75) is 17.3 Å². The van der Waals surface area contributed by atoms with E-state index in [4.69, 9.17) is 17.3 Å². The molecule has 0 aliphatic carbocycles. The summed E-state index contributed by atoms with van der Waals surface area (Å²) in [5.74, 6) is 0.406. The van der Waals surface area contributed by atoms with Crippen molar-refractivity contribution in [1.82, 2.24) is 4.98 Å². The molecular formula is C13H12ClFN2S. The summed E-state index contributed by atoms with van der Waals surface area (Å²) in [4.78, 5) is 4.19. The Kier molecular flexibility index (Phi) is 4.58. The van der Waals surface area contributed by atoms with E-state index in [1.165, 1.54) is 23.9 Å². The highest BCUT2D eigenvalue weighted by Crippen LogP contribution is 2.28. The summed E-state index contributed by atoms with van der Waals surface area (Å²) < 4.78 is 13.1. The molecule has 0 saturated heterocycles. The predicted molar refractivity (Wildman–Crippen MR) is 73.1 cm³/mol. The van der Waals surface area contributed by atoms with E-state index in [1.54, 1.807) is 24.4 Å². The first-order valence-corrected chi connectivity index (χ1v) is 6.77. The quantitative estimate of drug-likeness (QED) is 0.871. The molecule has 0 unspecified atom stereocenters. The van der Waals surface area contributed by atoms with E-state index in [0.29, 0.717) is 17.3 Å². The molecule has 0 saturated carbocycles. The van der Waals surface area contributed by atoms with Crippen LogP contribution >= 0.6 is 23.4 Å². The zero-order valence-electron chi connectivity index (χ0n) is 9.57. The van der Waals surface area contributed by atoms with Gasteiger partial charge < -0.3 is 5.73 Å². The maximum atomic E-state index is 13.1. The highest BCUT2D eigenvalue weighted by atomic mass is 35.5. The van der Waals surface area contributed by atoms with Crippen molar-refractivity contribution >= 4 is 23.4 Å². The molecule has 0 aliphatic rings. The second-order valence-electron chi connectivity index (χ2n) is 3.70. The minimum absolute atomic E-state index is 0.264. The summed E-state index contributed by atoms with van der Waals surface area (Å²) in [7, 11) is 0. The number of hydrogen-bond donors (Lipinski definition) is 1. The third-order valence-electron chi connectivity index (χ3n) is 2.48. The van der Waals surface area contributed by atoms with Gasteiger partial charge in [0.25, 0.3) is 0 Å². The molecule has 18 heavy (non-hydrogen) atoms. The maximum absolute atomic E-state index is 13.1. The molecule has 0 aliphatic heterocycles. The Labute approximate surface area is 114 Å². The summed E-state index contributed by atoms with van der Waals surface area (Å²) in [5.41, 5.74) is 7.42. The number of benzene rings is 1. The molecule has 2 aromatic rings. The van der Waals surface area contributed by atoms with Crippen LogP contribution in [0.3, 0.4) is 0 Å². The minimum Gasteiger partial charge on any atom is -0.326 e. The molecule has 5 heteroatoms. The molecule has 0 bridgehead atoms. The zero-order valence-corrected chi connectivity index (χ0v) is 11.1. The van der Waals surface area contributed by atoms with Gasteiger partial charge in [-0.05, 0) is 35.4 Å². The van der Waals surface area contributed by atoms with Gasteiger partial charge in [-0.25, -0.2) is 9.37 Å². The van der Waals surface area contributed by atoms with Crippen LogP contribution in [-0.4, -0.2) is 4.98 Å². The molecular weight excluding hydrogens is 271 g/mol. The highest BCUT2D eigenvalue weighted by Gasteiger charge is 2.06. The number of thioether (sulfide) groups is 1. The molecule has 0 amide bonds. The first-order valence-electron chi connectivity index (χ1n) is 5.41. The van der Waals surface area contributed by atoms with Gasteiger partial charge in [0.15, 0.2) is 0 Å². The fourth-order valence-corrected chi connectivity index (χ4v) is 2.75. The molecule has 2 nitrogen and oxygen atoms in total. The number of hydrogen-bond acceptors (Lipinski definition) is 3. The summed E-state index contributed by atoms with van der Waals surface area (Å²) >= 11 is 7.54. The van der Waals surface area contributed by atoms with Crippen LogP contribution in [0.25, 0.3) is 0 Å². The minimum atomic E-state index is -0.264. The van der Waals surface area contributed by atoms with Crippen LogP contribution in [0.15, 0.2) is 41.6 Å². The van der Waals surface area contributed by atoms with Gasteiger partial charge >= 0.3 is 0 Å². The Hall–Kier alpha value is -1.10. The van der Waals surface area contributed by atoms with Gasteiger partial charge in [0.1, 0.15) is 10.8 Å². The van der Waals surface area contributed by atoms with Crippen LogP contribution in [0.4, 0.5) is 4.39 Å². The molecule has 0 atom stereocenters. The number of nitrogens with zero attached hydrogens (tertiary/aromatic N) is 1. The first kappa shape index (κ1) is 13.3. The van der Waals surface area contributed by atoms with E-state index in [9.17, 15) is 4.39 Å². The van der Waals surface area contributed by atoms with E-state index >= 15 is 0 Å². The summed E-state index contributed by atoms with van der Waals surface area (Å²) in [6, 6.07) is 8.24. The normalized spacial score (nSPS) is 10.6. The lowest BCUT2D eigenvalue weighted by molar-refractivity contribution is 0.624. The second-order valence-corrected chi connectivity index (χ2v) is 5.07. The van der Waals surface area contributed by atoms with Crippen molar-refractivity contribution in [3.8, 4) is 0 Å². The van der Waals surface area contributed by atoms with E-state index in [-0.39, 0.29) is 5.82 Å². The van der Waals surface area contributed by atoms with Crippen LogP contribution in [0.5, 0.6) is 0 Å². The van der Waals surface area contributed by atoms with Gasteiger partial charge in [0, 0.05) is 18.5 Å². The SMILES string of the molecule is NCc1cc(F)ccc1CSc1ncccc1Cl. The lowest BCUT2D eigenvalue weighted by Gasteiger charge is -2.08. The van der Waals surface area contributed by atoms with Crippen molar-refractivity contribution < 1.29 is 4.39 Å². The van der Waals surface area contributed by atoms with Gasteiger partial charge in [-0.3, -0.25) is 0 Å². The summed E-state index contributed by atoms with van der Waals surface area (Å²) in [5, 5.41) is 1.39. The molecule has 94 valence electrons. The first-order chi connectivity index (χ1) is 8.70. The van der Waals surface area contributed by atoms with Crippen LogP contribution in [0.1, 0.15) is 11.1 Å². The monoisotopic (exact) mass is 282 g/mol. The molecule has 0 radical (unpaired) electrons. The van der Waals surface area contributed by atoms with E-state index in [0.717, 1.165) is 16.2 Å². The summed E-state index contributed by atoms with van der Waals surface area (Å²) in [6.07, 6.45) is 1.70. The standard InChI is InChI=1S/C13H12ClFN2S/c14-12-2-1-5-17-13(12)18-8-9-3-4-11(15)6-10(9)7-16/h1-6H,7-8,16H2. The smallest absolute Gasteiger partial charge is 0.123 e. The average Bonchev–Trinajstić information content (AvgIpc) is 2.39. The van der Waals surface area contributed by atoms with Crippen LogP contribution in [0, 0.1) is 5.82 Å². The van der Waals surface area contributed by atoms with E-state index < -0.39 is 0 Å². The molecule has 0 spiro atoms. The largest absolute Gasteiger partial charge is 0.326 e. The lowest BCUT2D eigenvalue weighted by Crippen LogP contribution is -2.01. The van der Waals surface area contributed by atoms with Crippen molar-refractivity contribution in [1.29, 1.82) is 0 Å². The van der Waals surface area contributed by atoms with Crippen LogP contribution in [0.2, 0.25) is 5.02 Å². The molecule has 1 aromatic carbocycles. The van der Waals surface area contributed by atoms with Gasteiger partial charge in [-0.1, -0.05) is 17.7 Å². The summed E-state index contributed by atoms with van der Waals surface area (Å²) in [6.45, 7) is 0.323. The lowest BCUT2D eigenvalue weighted by atomic mass is 10.1. The topological polar surface area (TPSA) is 38.9 Å². The molecule has 1 aromatic heterocycles. The number of nitrogens with two attached hydrogens (primary N) is 1. The number of halogens is 2. The van der Waals surface area contributed by atoms with Gasteiger partial charge in [-0.2, -0.15) is 0 Å². The molecule has 2 N–H and O–H groups in total. The second kappa shape index (κ2) is 6.18. The number of aromatic nitrogens is 1. The molecule has 0 fully saturated rings. The molecule has 1 heterocycles. The Morgan fingerprint density at radius 3 is 2.83 bits per heavy atom. The van der Waals surface area contributed by atoms with Gasteiger partial charge in [0.05, 0.1) is 5.02 Å². The fraction of sp³-hybridized carbons (Fsp3) is 0.154. The van der Waals surface area contributed by atoms with Crippen LogP contribution in [-0.2, 0) is 12.3 Å². The maximum Gasteiger partial charge on any atom is 0.123 e. The Bertz CT molecular complexity index is 548. The third kappa shape index (κ3) is 3.22. The predicted octanol–water partition coefficient (Wildman–Crippen LogP) is 3.63. The molecule has 2 rings (SSSR count). The average molecular weight is 283 g/mol. The highest BCUT2D eigenvalue weighted by molar-refractivity contribution is 7.98. The van der Waals surface area contributed by atoms with Crippen molar-refractivity contribution in [2.75, 3.05) is 0 Å². The van der Waals surface area contributed by atoms with Crippen molar-refractivity contribution in [3.63, 3.8) is 0 Å². The fourth-order valence-electron chi connectivity index (χ4n) is 1.55. The van der Waals surface area contributed by atoms with Crippen molar-refractivity contribution in [3.05, 3.63) is 58.5 Å². The Morgan fingerprint density at radius 1 is 1.28 bits per heavy atom. The third-order valence-corrected chi connectivity index (χ3v) is 3.95. The van der Waals surface area contributed by atoms with Crippen LogP contribution < -0.4 is 5.73 Å². The van der Waals surface area contributed by atoms with Crippen molar-refractivity contribution in [2.24, 2.45) is 5.73 Å². The van der Waals surface area contributed by atoms with Gasteiger partial charge in [-0.15, -0.1) is 11.8 Å². The zero-order chi connectivity index (χ0) is 13.0. The van der Waals surface area contributed by atoms with E-state index in [2.05, 4.69) is 4.98 Å². The Balaban J connectivity index is 2.13. The van der Waals surface area contributed by atoms with E-state index in [1.807, 2.05) is 0 Å². The van der Waals surface area contributed by atoms with Gasteiger partial charge in [0.2, 0.25) is 0 Å². The number of pyridine rings is 1. The Morgan fingerprint density at radius 2 is 2.11 bits per heavy atom. The number of rotatable bonds is 4.